The Kier molecular flexibility index (Phi) is 8.28. The van der Waals surface area contributed by atoms with E-state index in [-0.39, 0.29) is 12.0 Å². The Morgan fingerprint density at radius 1 is 1.30 bits per heavy atom. The topological polar surface area (TPSA) is 76.8 Å². The molecule has 0 spiro atoms. The summed E-state index contributed by atoms with van der Waals surface area (Å²) in [6, 6.07) is 8.50. The van der Waals surface area contributed by atoms with E-state index in [1.807, 2.05) is 19.1 Å². The molecule has 1 aromatic carbocycles. The molecule has 1 fully saturated rings. The van der Waals surface area contributed by atoms with Crippen molar-refractivity contribution < 1.29 is 18.7 Å². The van der Waals surface area contributed by atoms with Gasteiger partial charge in [-0.3, -0.25) is 9.69 Å². The van der Waals surface area contributed by atoms with Crippen LogP contribution in [0.2, 0.25) is 0 Å². The molecule has 1 aromatic heterocycles. The smallest absolute Gasteiger partial charge is 0.273 e. The van der Waals surface area contributed by atoms with Gasteiger partial charge in [-0.2, -0.15) is 0 Å². The van der Waals surface area contributed by atoms with E-state index in [4.69, 9.17) is 13.9 Å². The number of hydrogen-bond donors (Lipinski definition) is 1. The first-order chi connectivity index (χ1) is 14.6. The maximum atomic E-state index is 12.4. The first kappa shape index (κ1) is 22.3. The molecule has 164 valence electrons. The molecule has 1 N–H and O–H groups in total. The van der Waals surface area contributed by atoms with E-state index in [0.717, 1.165) is 38.2 Å². The number of oxazole rings is 1. The molecule has 1 aliphatic heterocycles. The number of aromatic nitrogens is 1. The van der Waals surface area contributed by atoms with E-state index >= 15 is 0 Å². The Hall–Kier alpha value is -2.38. The zero-order valence-electron chi connectivity index (χ0n) is 18.2. The van der Waals surface area contributed by atoms with Crippen LogP contribution in [0.4, 0.5) is 0 Å². The lowest BCUT2D eigenvalue weighted by atomic mass is 10.1. The number of carbonyl (C=O) groups excluding carboxylic acids is 1. The summed E-state index contributed by atoms with van der Waals surface area (Å²) < 4.78 is 16.7. The minimum atomic E-state index is -0.220. The van der Waals surface area contributed by atoms with Gasteiger partial charge in [-0.15, -0.1) is 0 Å². The van der Waals surface area contributed by atoms with Crippen molar-refractivity contribution in [2.45, 2.75) is 65.3 Å². The molecule has 30 heavy (non-hydrogen) atoms. The second kappa shape index (κ2) is 11.1. The van der Waals surface area contributed by atoms with Crippen molar-refractivity contribution in [2.24, 2.45) is 0 Å². The van der Waals surface area contributed by atoms with Gasteiger partial charge < -0.3 is 19.2 Å². The molecule has 0 radical (unpaired) electrons. The van der Waals surface area contributed by atoms with E-state index in [2.05, 4.69) is 41.2 Å². The molecular weight excluding hydrogens is 382 g/mol. The molecule has 2 heterocycles. The van der Waals surface area contributed by atoms with Crippen LogP contribution in [0.15, 0.2) is 34.9 Å². The Bertz CT molecular complexity index is 784. The molecule has 2 atom stereocenters. The first-order valence-corrected chi connectivity index (χ1v) is 10.9. The van der Waals surface area contributed by atoms with Gasteiger partial charge in [0.05, 0.1) is 19.3 Å². The fraction of sp³-hybridized carbons (Fsp3) is 0.565. The number of hydrogen-bond acceptors (Lipinski definition) is 6. The molecule has 1 amide bonds. The third-order valence-electron chi connectivity index (χ3n) is 5.47. The Morgan fingerprint density at radius 2 is 2.10 bits per heavy atom. The minimum Gasteiger partial charge on any atom is -0.494 e. The summed E-state index contributed by atoms with van der Waals surface area (Å²) in [7, 11) is 0. The molecule has 1 aliphatic rings. The van der Waals surface area contributed by atoms with Crippen LogP contribution >= 0.6 is 0 Å². The summed E-state index contributed by atoms with van der Waals surface area (Å²) in [5, 5.41) is 2.88. The van der Waals surface area contributed by atoms with Crippen LogP contribution in [0, 0.1) is 0 Å². The van der Waals surface area contributed by atoms with Crippen LogP contribution in [-0.4, -0.2) is 47.7 Å². The van der Waals surface area contributed by atoms with Crippen molar-refractivity contribution in [1.82, 2.24) is 15.2 Å². The monoisotopic (exact) mass is 415 g/mol. The van der Waals surface area contributed by atoms with Gasteiger partial charge in [0.1, 0.15) is 12.0 Å². The summed E-state index contributed by atoms with van der Waals surface area (Å²) in [5.41, 5.74) is 1.51. The summed E-state index contributed by atoms with van der Waals surface area (Å²) in [5.74, 6) is 1.20. The van der Waals surface area contributed by atoms with Gasteiger partial charge in [-0.1, -0.05) is 19.1 Å². The number of amides is 1. The number of benzene rings is 1. The zero-order valence-corrected chi connectivity index (χ0v) is 18.2. The fourth-order valence-corrected chi connectivity index (χ4v) is 3.48. The predicted octanol–water partition coefficient (Wildman–Crippen LogP) is 3.78. The van der Waals surface area contributed by atoms with Crippen LogP contribution in [0.3, 0.4) is 0 Å². The Balaban J connectivity index is 1.58. The largest absolute Gasteiger partial charge is 0.494 e. The molecule has 7 heteroatoms. The van der Waals surface area contributed by atoms with E-state index in [1.54, 1.807) is 0 Å². The van der Waals surface area contributed by atoms with Gasteiger partial charge in [0, 0.05) is 25.7 Å². The van der Waals surface area contributed by atoms with Gasteiger partial charge in [0.25, 0.3) is 5.91 Å². The highest BCUT2D eigenvalue weighted by Crippen LogP contribution is 2.18. The van der Waals surface area contributed by atoms with Crippen molar-refractivity contribution in [3.63, 3.8) is 0 Å². The molecule has 3 rings (SSSR count). The highest BCUT2D eigenvalue weighted by atomic mass is 16.5. The second-order valence-corrected chi connectivity index (χ2v) is 7.71. The number of rotatable bonds is 11. The Labute approximate surface area is 178 Å². The molecule has 0 aliphatic carbocycles. The third kappa shape index (κ3) is 6.31. The second-order valence-electron chi connectivity index (χ2n) is 7.71. The van der Waals surface area contributed by atoms with Gasteiger partial charge in [0.2, 0.25) is 5.89 Å². The van der Waals surface area contributed by atoms with Crippen molar-refractivity contribution in [1.29, 1.82) is 0 Å². The number of carbonyl (C=O) groups is 1. The minimum absolute atomic E-state index is 0.107. The molecule has 2 unspecified atom stereocenters. The van der Waals surface area contributed by atoms with E-state index in [9.17, 15) is 4.79 Å². The number of ether oxygens (including phenoxy) is 2. The molecule has 7 nitrogen and oxygen atoms in total. The van der Waals surface area contributed by atoms with Gasteiger partial charge in [-0.05, 0) is 50.8 Å². The van der Waals surface area contributed by atoms with Crippen molar-refractivity contribution in [3.05, 3.63) is 47.7 Å². The highest BCUT2D eigenvalue weighted by molar-refractivity contribution is 5.91. The SMILES string of the molecule is CCOc1ccc(CN(Cc2nc(C(=O)NCC3CCCO3)co2)C(C)CC)cc1. The van der Waals surface area contributed by atoms with Crippen molar-refractivity contribution >= 4 is 5.91 Å². The lowest BCUT2D eigenvalue weighted by Gasteiger charge is -2.27. The molecule has 1 saturated heterocycles. The maximum Gasteiger partial charge on any atom is 0.273 e. The van der Waals surface area contributed by atoms with Crippen LogP contribution in [0.25, 0.3) is 0 Å². The van der Waals surface area contributed by atoms with Crippen LogP contribution in [0.1, 0.15) is 62.0 Å². The highest BCUT2D eigenvalue weighted by Gasteiger charge is 2.20. The maximum absolute atomic E-state index is 12.4. The predicted molar refractivity (Wildman–Crippen MR) is 114 cm³/mol. The number of nitrogens with one attached hydrogen (secondary N) is 1. The lowest BCUT2D eigenvalue weighted by Crippen LogP contribution is -2.32. The summed E-state index contributed by atoms with van der Waals surface area (Å²) in [6.07, 6.45) is 4.59. The molecule has 0 saturated carbocycles. The van der Waals surface area contributed by atoms with Crippen LogP contribution in [0.5, 0.6) is 5.75 Å². The van der Waals surface area contributed by atoms with Crippen molar-refractivity contribution in [3.8, 4) is 5.75 Å². The summed E-state index contributed by atoms with van der Waals surface area (Å²) in [6.45, 7) is 9.58. The fourth-order valence-electron chi connectivity index (χ4n) is 3.48. The molecular formula is C23H33N3O4. The standard InChI is InChI=1S/C23H33N3O4/c1-4-17(3)26(14-18-8-10-19(11-9-18)28-5-2)15-22-25-21(16-30-22)23(27)24-13-20-7-6-12-29-20/h8-11,16-17,20H,4-7,12-15H2,1-3H3,(H,24,27). The third-order valence-corrected chi connectivity index (χ3v) is 5.47. The van der Waals surface area contributed by atoms with E-state index < -0.39 is 0 Å². The van der Waals surface area contributed by atoms with Gasteiger partial charge in [-0.25, -0.2) is 4.98 Å². The molecule has 2 aromatic rings. The molecule has 0 bridgehead atoms. The van der Waals surface area contributed by atoms with Gasteiger partial charge >= 0.3 is 0 Å². The van der Waals surface area contributed by atoms with Crippen LogP contribution in [-0.2, 0) is 17.8 Å². The van der Waals surface area contributed by atoms with Crippen molar-refractivity contribution in [2.75, 3.05) is 19.8 Å². The first-order valence-electron chi connectivity index (χ1n) is 10.9. The van der Waals surface area contributed by atoms with E-state index in [0.29, 0.717) is 37.3 Å². The summed E-state index contributed by atoms with van der Waals surface area (Å²) >= 11 is 0. The van der Waals surface area contributed by atoms with Gasteiger partial charge in [0.15, 0.2) is 5.69 Å². The average Bonchev–Trinajstić information content (AvgIpc) is 3.45. The normalized spacial score (nSPS) is 17.3. The lowest BCUT2D eigenvalue weighted by molar-refractivity contribution is 0.0853. The number of nitrogens with zero attached hydrogens (tertiary/aromatic N) is 2. The van der Waals surface area contributed by atoms with Crippen LogP contribution < -0.4 is 10.1 Å². The average molecular weight is 416 g/mol. The zero-order chi connectivity index (χ0) is 21.3. The Morgan fingerprint density at radius 3 is 2.77 bits per heavy atom. The van der Waals surface area contributed by atoms with E-state index in [1.165, 1.54) is 11.8 Å². The summed E-state index contributed by atoms with van der Waals surface area (Å²) in [4.78, 5) is 19.1. The quantitative estimate of drug-likeness (QED) is 0.602.